The number of Topliss-reactive ketones (excluding diaryl/α,β-unsaturated/α-hetero) is 1. The Morgan fingerprint density at radius 1 is 1.22 bits per heavy atom. The van der Waals surface area contributed by atoms with Crippen LogP contribution in [-0.4, -0.2) is 15.8 Å². The van der Waals surface area contributed by atoms with E-state index in [1.54, 1.807) is 12.5 Å². The molecular weight excluding hydrogens is 284 g/mol. The zero-order valence-corrected chi connectivity index (χ0v) is 14.7. The van der Waals surface area contributed by atoms with E-state index in [9.17, 15) is 4.79 Å². The maximum absolute atomic E-state index is 12.4. The first kappa shape index (κ1) is 17.5. The fourth-order valence-electron chi connectivity index (χ4n) is 3.19. The van der Waals surface area contributed by atoms with Gasteiger partial charge in [-0.2, -0.15) is 0 Å². The third-order valence-corrected chi connectivity index (χ3v) is 4.66. The molecule has 0 aliphatic carbocycles. The Morgan fingerprint density at radius 3 is 2.57 bits per heavy atom. The molecule has 0 saturated heterocycles. The third kappa shape index (κ3) is 4.54. The molecule has 0 bridgehead atoms. The molecular formula is C20H28N2O. The van der Waals surface area contributed by atoms with E-state index in [-0.39, 0.29) is 5.78 Å². The van der Waals surface area contributed by atoms with Crippen molar-refractivity contribution in [3.63, 3.8) is 0 Å². The molecule has 1 aromatic heterocycles. The van der Waals surface area contributed by atoms with Crippen molar-refractivity contribution in [2.24, 2.45) is 11.8 Å². The van der Waals surface area contributed by atoms with E-state index >= 15 is 0 Å². The van der Waals surface area contributed by atoms with Gasteiger partial charge in [-0.15, -0.1) is 0 Å². The Bertz CT molecular complexity index is 616. The standard InChI is InChI=1S/C20H28N2O/c1-5-15(4)18(10-14(2)3)17-9-7-6-8-16(17)11-20(23)19-12-21-13-22-19/h6-9,12-15,18H,5,10-11H2,1-4H3,(H,21,22). The third-order valence-electron chi connectivity index (χ3n) is 4.66. The number of carbonyl (C=O) groups is 1. The molecule has 2 rings (SSSR count). The lowest BCUT2D eigenvalue weighted by molar-refractivity contribution is 0.0988. The number of ketones is 1. The number of H-pyrrole nitrogens is 1. The highest BCUT2D eigenvalue weighted by Crippen LogP contribution is 2.35. The van der Waals surface area contributed by atoms with Gasteiger partial charge in [-0.25, -0.2) is 4.98 Å². The molecule has 2 unspecified atom stereocenters. The number of nitrogens with one attached hydrogen (secondary N) is 1. The van der Waals surface area contributed by atoms with Gasteiger partial charge in [-0.1, -0.05) is 58.4 Å². The van der Waals surface area contributed by atoms with Crippen LogP contribution >= 0.6 is 0 Å². The molecule has 1 N–H and O–H groups in total. The largest absolute Gasteiger partial charge is 0.342 e. The first-order valence-corrected chi connectivity index (χ1v) is 8.62. The van der Waals surface area contributed by atoms with Crippen molar-refractivity contribution in [2.75, 3.05) is 0 Å². The Labute approximate surface area is 139 Å². The van der Waals surface area contributed by atoms with Gasteiger partial charge in [-0.3, -0.25) is 4.79 Å². The van der Waals surface area contributed by atoms with Crippen molar-refractivity contribution < 1.29 is 4.79 Å². The smallest absolute Gasteiger partial charge is 0.184 e. The van der Waals surface area contributed by atoms with Crippen LogP contribution in [0.15, 0.2) is 36.8 Å². The molecule has 3 heteroatoms. The Kier molecular flexibility index (Phi) is 6.14. The Balaban J connectivity index is 2.29. The van der Waals surface area contributed by atoms with Crippen LogP contribution in [0.5, 0.6) is 0 Å². The molecule has 0 fully saturated rings. The highest BCUT2D eigenvalue weighted by Gasteiger charge is 2.22. The number of hydrogen-bond donors (Lipinski definition) is 1. The highest BCUT2D eigenvalue weighted by molar-refractivity contribution is 5.95. The van der Waals surface area contributed by atoms with Crippen LogP contribution in [0.4, 0.5) is 0 Å². The van der Waals surface area contributed by atoms with E-state index in [1.165, 1.54) is 5.56 Å². The van der Waals surface area contributed by atoms with Crippen molar-refractivity contribution in [3.8, 4) is 0 Å². The maximum Gasteiger partial charge on any atom is 0.184 e. The van der Waals surface area contributed by atoms with Crippen molar-refractivity contribution in [1.29, 1.82) is 0 Å². The number of hydrogen-bond acceptors (Lipinski definition) is 2. The van der Waals surface area contributed by atoms with Gasteiger partial charge >= 0.3 is 0 Å². The quantitative estimate of drug-likeness (QED) is 0.696. The molecule has 1 aromatic carbocycles. The summed E-state index contributed by atoms with van der Waals surface area (Å²) in [5.74, 6) is 1.86. The van der Waals surface area contributed by atoms with Crippen LogP contribution in [0.25, 0.3) is 0 Å². The summed E-state index contributed by atoms with van der Waals surface area (Å²) in [7, 11) is 0. The molecule has 124 valence electrons. The minimum absolute atomic E-state index is 0.0994. The topological polar surface area (TPSA) is 45.8 Å². The highest BCUT2D eigenvalue weighted by atomic mass is 16.1. The van der Waals surface area contributed by atoms with Gasteiger partial charge in [0.05, 0.1) is 12.5 Å². The number of nitrogens with zero attached hydrogens (tertiary/aromatic N) is 1. The summed E-state index contributed by atoms with van der Waals surface area (Å²) < 4.78 is 0. The van der Waals surface area contributed by atoms with Crippen LogP contribution in [0.2, 0.25) is 0 Å². The SMILES string of the molecule is CCC(C)C(CC(C)C)c1ccccc1CC(=O)c1cnc[nH]1. The lowest BCUT2D eigenvalue weighted by atomic mass is 9.78. The summed E-state index contributed by atoms with van der Waals surface area (Å²) in [6.07, 6.45) is 5.90. The van der Waals surface area contributed by atoms with E-state index in [1.807, 2.05) is 6.07 Å². The van der Waals surface area contributed by atoms with Gasteiger partial charge in [0.25, 0.3) is 0 Å². The van der Waals surface area contributed by atoms with Crippen molar-refractivity contribution in [3.05, 3.63) is 53.6 Å². The second-order valence-corrected chi connectivity index (χ2v) is 6.89. The van der Waals surface area contributed by atoms with Gasteiger partial charge in [0.1, 0.15) is 5.69 Å². The summed E-state index contributed by atoms with van der Waals surface area (Å²) in [6.45, 7) is 9.11. The number of benzene rings is 1. The molecule has 0 aliphatic rings. The zero-order valence-electron chi connectivity index (χ0n) is 14.7. The van der Waals surface area contributed by atoms with Crippen LogP contribution in [-0.2, 0) is 6.42 Å². The second kappa shape index (κ2) is 8.09. The normalized spacial score (nSPS) is 14.0. The van der Waals surface area contributed by atoms with Crippen molar-refractivity contribution in [1.82, 2.24) is 9.97 Å². The number of aromatic nitrogens is 2. The maximum atomic E-state index is 12.4. The first-order valence-electron chi connectivity index (χ1n) is 8.62. The molecule has 0 aliphatic heterocycles. The average molecular weight is 312 g/mol. The van der Waals surface area contributed by atoms with Crippen LogP contribution in [0.3, 0.4) is 0 Å². The van der Waals surface area contributed by atoms with E-state index in [4.69, 9.17) is 0 Å². The summed E-state index contributed by atoms with van der Waals surface area (Å²) in [5, 5.41) is 0. The predicted molar refractivity (Wildman–Crippen MR) is 94.7 cm³/mol. The number of imidazole rings is 1. The van der Waals surface area contributed by atoms with Crippen LogP contribution in [0.1, 0.15) is 68.1 Å². The molecule has 0 amide bonds. The molecule has 2 aromatic rings. The molecule has 0 spiro atoms. The van der Waals surface area contributed by atoms with E-state index in [0.717, 1.165) is 18.4 Å². The fourth-order valence-corrected chi connectivity index (χ4v) is 3.19. The molecule has 0 saturated carbocycles. The van der Waals surface area contributed by atoms with Gasteiger partial charge in [-0.05, 0) is 35.3 Å². The summed E-state index contributed by atoms with van der Waals surface area (Å²) >= 11 is 0. The Hall–Kier alpha value is -1.90. The van der Waals surface area contributed by atoms with Gasteiger partial charge in [0, 0.05) is 6.42 Å². The van der Waals surface area contributed by atoms with Crippen LogP contribution < -0.4 is 0 Å². The van der Waals surface area contributed by atoms with E-state index in [2.05, 4.69) is 55.9 Å². The van der Waals surface area contributed by atoms with Gasteiger partial charge < -0.3 is 4.98 Å². The van der Waals surface area contributed by atoms with Gasteiger partial charge in [0.15, 0.2) is 5.78 Å². The fraction of sp³-hybridized carbons (Fsp3) is 0.500. The van der Waals surface area contributed by atoms with Crippen molar-refractivity contribution >= 4 is 5.78 Å². The van der Waals surface area contributed by atoms with E-state index in [0.29, 0.717) is 29.9 Å². The predicted octanol–water partition coefficient (Wildman–Crippen LogP) is 5.01. The first-order chi connectivity index (χ1) is 11.0. The van der Waals surface area contributed by atoms with Gasteiger partial charge in [0.2, 0.25) is 0 Å². The molecule has 2 atom stereocenters. The molecule has 3 nitrogen and oxygen atoms in total. The summed E-state index contributed by atoms with van der Waals surface area (Å²) in [6, 6.07) is 8.42. The lowest BCUT2D eigenvalue weighted by Crippen LogP contribution is -2.15. The monoisotopic (exact) mass is 312 g/mol. The summed E-state index contributed by atoms with van der Waals surface area (Å²) in [5.41, 5.74) is 3.07. The molecule has 0 radical (unpaired) electrons. The van der Waals surface area contributed by atoms with Crippen molar-refractivity contribution in [2.45, 2.75) is 52.9 Å². The Morgan fingerprint density at radius 2 is 1.96 bits per heavy atom. The van der Waals surface area contributed by atoms with Crippen LogP contribution in [0, 0.1) is 11.8 Å². The molecule has 23 heavy (non-hydrogen) atoms. The average Bonchev–Trinajstić information content (AvgIpc) is 3.07. The number of rotatable bonds is 8. The van der Waals surface area contributed by atoms with E-state index < -0.39 is 0 Å². The molecule has 1 heterocycles. The number of aromatic amines is 1. The zero-order chi connectivity index (χ0) is 16.8. The number of carbonyl (C=O) groups excluding carboxylic acids is 1. The summed E-state index contributed by atoms with van der Waals surface area (Å²) in [4.78, 5) is 19.3. The minimum Gasteiger partial charge on any atom is -0.342 e. The minimum atomic E-state index is 0.0994. The lowest BCUT2D eigenvalue weighted by Gasteiger charge is -2.27. The second-order valence-electron chi connectivity index (χ2n) is 6.89.